The molecule has 0 aromatic carbocycles. The third kappa shape index (κ3) is 2.86. The summed E-state index contributed by atoms with van der Waals surface area (Å²) in [6.45, 7) is 3.56. The van der Waals surface area contributed by atoms with Crippen molar-refractivity contribution in [1.82, 2.24) is 10.3 Å². The summed E-state index contributed by atoms with van der Waals surface area (Å²) in [4.78, 5) is 14.9. The Morgan fingerprint density at radius 3 is 2.92 bits per heavy atom. The Kier molecular flexibility index (Phi) is 3.43. The molecule has 13 heavy (non-hydrogen) atoms. The molecule has 0 aliphatic heterocycles. The zero-order valence-corrected chi connectivity index (χ0v) is 7.95. The van der Waals surface area contributed by atoms with Gasteiger partial charge in [-0.05, 0) is 18.1 Å². The average molecular weight is 178 g/mol. The summed E-state index contributed by atoms with van der Waals surface area (Å²) in [6, 6.07) is 3.93. The molecule has 1 amide bonds. The van der Waals surface area contributed by atoms with Crippen LogP contribution in [0.2, 0.25) is 0 Å². The predicted molar refractivity (Wildman–Crippen MR) is 51.1 cm³/mol. The summed E-state index contributed by atoms with van der Waals surface area (Å²) in [5, 5.41) is 2.87. The molecule has 1 rings (SSSR count). The van der Waals surface area contributed by atoms with E-state index >= 15 is 0 Å². The maximum absolute atomic E-state index is 10.9. The highest BCUT2D eigenvalue weighted by Gasteiger charge is 2.09. The van der Waals surface area contributed by atoms with Crippen LogP contribution < -0.4 is 5.32 Å². The first kappa shape index (κ1) is 9.71. The van der Waals surface area contributed by atoms with Gasteiger partial charge in [0, 0.05) is 19.3 Å². The van der Waals surface area contributed by atoms with Gasteiger partial charge in [0.1, 0.15) is 0 Å². The van der Waals surface area contributed by atoms with E-state index < -0.39 is 0 Å². The number of aromatic nitrogens is 1. The largest absolute Gasteiger partial charge is 0.349 e. The minimum Gasteiger partial charge on any atom is -0.349 e. The molecule has 0 saturated carbocycles. The standard InChI is InChI=1S/C10H14N2O/c1-3-10(12-8(2)13)9-5-4-6-11-7-9/h4-7,10H,3H2,1-2H3,(H,12,13)/t10-/m0/s1. The molecule has 0 unspecified atom stereocenters. The number of nitrogens with one attached hydrogen (secondary N) is 1. The Morgan fingerprint density at radius 2 is 2.46 bits per heavy atom. The smallest absolute Gasteiger partial charge is 0.217 e. The van der Waals surface area contributed by atoms with Crippen molar-refractivity contribution in [3.8, 4) is 0 Å². The van der Waals surface area contributed by atoms with E-state index in [1.54, 1.807) is 12.4 Å². The number of rotatable bonds is 3. The predicted octanol–water partition coefficient (Wildman–Crippen LogP) is 1.67. The van der Waals surface area contributed by atoms with E-state index in [2.05, 4.69) is 10.3 Å². The molecule has 0 spiro atoms. The molecular formula is C10H14N2O. The van der Waals surface area contributed by atoms with Crippen molar-refractivity contribution in [2.75, 3.05) is 0 Å². The Balaban J connectivity index is 2.73. The van der Waals surface area contributed by atoms with Crippen molar-refractivity contribution in [1.29, 1.82) is 0 Å². The van der Waals surface area contributed by atoms with Crippen molar-refractivity contribution in [2.45, 2.75) is 26.3 Å². The van der Waals surface area contributed by atoms with Gasteiger partial charge in [0.05, 0.1) is 6.04 Å². The summed E-state index contributed by atoms with van der Waals surface area (Å²) in [5.74, 6) is -0.00398. The first-order valence-corrected chi connectivity index (χ1v) is 4.41. The van der Waals surface area contributed by atoms with E-state index in [-0.39, 0.29) is 11.9 Å². The van der Waals surface area contributed by atoms with Gasteiger partial charge in [0.15, 0.2) is 0 Å². The molecule has 1 aromatic rings. The average Bonchev–Trinajstić information content (AvgIpc) is 2.15. The van der Waals surface area contributed by atoms with Gasteiger partial charge in [-0.2, -0.15) is 0 Å². The van der Waals surface area contributed by atoms with Crippen LogP contribution in [-0.2, 0) is 4.79 Å². The van der Waals surface area contributed by atoms with Crippen molar-refractivity contribution in [2.24, 2.45) is 0 Å². The third-order valence-corrected chi connectivity index (χ3v) is 1.87. The van der Waals surface area contributed by atoms with Gasteiger partial charge in [0.2, 0.25) is 5.91 Å². The van der Waals surface area contributed by atoms with Gasteiger partial charge < -0.3 is 5.32 Å². The highest BCUT2D eigenvalue weighted by atomic mass is 16.1. The van der Waals surface area contributed by atoms with Crippen LogP contribution in [0.25, 0.3) is 0 Å². The fourth-order valence-corrected chi connectivity index (χ4v) is 1.25. The minimum absolute atomic E-state index is 0.00398. The molecule has 0 bridgehead atoms. The lowest BCUT2D eigenvalue weighted by molar-refractivity contribution is -0.119. The number of hydrogen-bond acceptors (Lipinski definition) is 2. The molecule has 1 heterocycles. The Hall–Kier alpha value is -1.38. The van der Waals surface area contributed by atoms with Gasteiger partial charge in [-0.25, -0.2) is 0 Å². The Morgan fingerprint density at radius 1 is 1.69 bits per heavy atom. The van der Waals surface area contributed by atoms with Crippen LogP contribution in [0.3, 0.4) is 0 Å². The van der Waals surface area contributed by atoms with Gasteiger partial charge in [0.25, 0.3) is 0 Å². The monoisotopic (exact) mass is 178 g/mol. The summed E-state index contributed by atoms with van der Waals surface area (Å²) in [7, 11) is 0. The topological polar surface area (TPSA) is 42.0 Å². The SMILES string of the molecule is CC[C@H](NC(C)=O)c1cccnc1. The minimum atomic E-state index is -0.00398. The second-order valence-corrected chi connectivity index (χ2v) is 2.95. The second kappa shape index (κ2) is 4.60. The lowest BCUT2D eigenvalue weighted by atomic mass is 10.1. The maximum Gasteiger partial charge on any atom is 0.217 e. The van der Waals surface area contributed by atoms with Crippen LogP contribution in [0.15, 0.2) is 24.5 Å². The number of nitrogens with zero attached hydrogens (tertiary/aromatic N) is 1. The van der Waals surface area contributed by atoms with Gasteiger partial charge >= 0.3 is 0 Å². The van der Waals surface area contributed by atoms with Crippen LogP contribution in [0, 0.1) is 0 Å². The molecule has 0 aliphatic carbocycles. The van der Waals surface area contributed by atoms with Crippen molar-refractivity contribution < 1.29 is 4.79 Å². The van der Waals surface area contributed by atoms with Crippen molar-refractivity contribution in [3.05, 3.63) is 30.1 Å². The molecule has 1 aromatic heterocycles. The van der Waals surface area contributed by atoms with E-state index in [9.17, 15) is 4.79 Å². The fraction of sp³-hybridized carbons (Fsp3) is 0.400. The van der Waals surface area contributed by atoms with Crippen molar-refractivity contribution >= 4 is 5.91 Å². The third-order valence-electron chi connectivity index (χ3n) is 1.87. The molecule has 0 aliphatic rings. The molecule has 0 radical (unpaired) electrons. The molecule has 0 fully saturated rings. The molecule has 1 N–H and O–H groups in total. The van der Waals surface area contributed by atoms with Crippen LogP contribution >= 0.6 is 0 Å². The number of carbonyl (C=O) groups is 1. The maximum atomic E-state index is 10.9. The molecule has 0 saturated heterocycles. The summed E-state index contributed by atoms with van der Waals surface area (Å²) in [5.41, 5.74) is 1.06. The van der Waals surface area contributed by atoms with Crippen LogP contribution in [-0.4, -0.2) is 10.9 Å². The Labute approximate surface area is 78.2 Å². The zero-order chi connectivity index (χ0) is 9.68. The molecule has 3 nitrogen and oxygen atoms in total. The summed E-state index contributed by atoms with van der Waals surface area (Å²) in [6.07, 6.45) is 4.39. The van der Waals surface area contributed by atoms with Gasteiger partial charge in [-0.15, -0.1) is 0 Å². The van der Waals surface area contributed by atoms with E-state index in [1.165, 1.54) is 6.92 Å². The summed E-state index contributed by atoms with van der Waals surface area (Å²) < 4.78 is 0. The molecular weight excluding hydrogens is 164 g/mol. The second-order valence-electron chi connectivity index (χ2n) is 2.95. The Bertz CT molecular complexity index is 272. The van der Waals surface area contributed by atoms with Crippen LogP contribution in [0.4, 0.5) is 0 Å². The highest BCUT2D eigenvalue weighted by molar-refractivity contribution is 5.73. The van der Waals surface area contributed by atoms with Crippen LogP contribution in [0.5, 0.6) is 0 Å². The van der Waals surface area contributed by atoms with E-state index in [0.29, 0.717) is 0 Å². The van der Waals surface area contributed by atoms with E-state index in [0.717, 1.165) is 12.0 Å². The van der Waals surface area contributed by atoms with E-state index in [1.807, 2.05) is 19.1 Å². The number of pyridine rings is 1. The normalized spacial score (nSPS) is 12.2. The van der Waals surface area contributed by atoms with Gasteiger partial charge in [-0.1, -0.05) is 13.0 Å². The van der Waals surface area contributed by atoms with Crippen molar-refractivity contribution in [3.63, 3.8) is 0 Å². The lowest BCUT2D eigenvalue weighted by Crippen LogP contribution is -2.25. The zero-order valence-electron chi connectivity index (χ0n) is 7.95. The molecule has 70 valence electrons. The number of hydrogen-bond donors (Lipinski definition) is 1. The first-order chi connectivity index (χ1) is 6.24. The van der Waals surface area contributed by atoms with Crippen LogP contribution in [0.1, 0.15) is 31.9 Å². The first-order valence-electron chi connectivity index (χ1n) is 4.41. The number of amides is 1. The van der Waals surface area contributed by atoms with Gasteiger partial charge in [-0.3, -0.25) is 9.78 Å². The number of carbonyl (C=O) groups excluding carboxylic acids is 1. The fourth-order valence-electron chi connectivity index (χ4n) is 1.25. The van der Waals surface area contributed by atoms with E-state index in [4.69, 9.17) is 0 Å². The summed E-state index contributed by atoms with van der Waals surface area (Å²) >= 11 is 0. The molecule has 3 heteroatoms. The lowest BCUT2D eigenvalue weighted by Gasteiger charge is -2.15. The quantitative estimate of drug-likeness (QED) is 0.765. The highest BCUT2D eigenvalue weighted by Crippen LogP contribution is 2.14. The molecule has 1 atom stereocenters.